The molecule has 0 radical (unpaired) electrons. The summed E-state index contributed by atoms with van der Waals surface area (Å²) in [6.07, 6.45) is 0.738. The lowest BCUT2D eigenvalue weighted by atomic mass is 9.77. The first-order valence-electron chi connectivity index (χ1n) is 6.02. The zero-order valence-corrected chi connectivity index (χ0v) is 9.59. The van der Waals surface area contributed by atoms with Crippen LogP contribution in [-0.4, -0.2) is 33.5 Å². The van der Waals surface area contributed by atoms with E-state index in [2.05, 4.69) is 6.07 Å². The first-order valence-corrected chi connectivity index (χ1v) is 6.02. The van der Waals surface area contributed by atoms with Crippen molar-refractivity contribution in [1.29, 1.82) is 5.26 Å². The van der Waals surface area contributed by atoms with Gasteiger partial charge in [-0.05, 0) is 19.3 Å². The molecular weight excluding hydrogens is 220 g/mol. The fraction of sp³-hybridized carbons (Fsp3) is 0.750. The van der Waals surface area contributed by atoms with Gasteiger partial charge in [0.1, 0.15) is 5.78 Å². The largest absolute Gasteiger partial charge is 0.465 e. The molecule has 0 aromatic carbocycles. The molecule has 1 amide bonds. The molecule has 0 unspecified atom stereocenters. The molecule has 1 saturated carbocycles. The molecule has 0 aromatic heterocycles. The predicted octanol–water partition coefficient (Wildman–Crippen LogP) is 1.25. The third kappa shape index (κ3) is 1.03. The van der Waals surface area contributed by atoms with Gasteiger partial charge >= 0.3 is 6.09 Å². The summed E-state index contributed by atoms with van der Waals surface area (Å²) in [5.74, 6) is -0.141. The number of amides is 1. The number of rotatable bonds is 1. The Labute approximate surface area is 99.0 Å². The first-order chi connectivity index (χ1) is 8.06. The maximum absolute atomic E-state index is 11.7. The number of hydrogen-bond donors (Lipinski definition) is 1. The van der Waals surface area contributed by atoms with E-state index in [9.17, 15) is 14.7 Å². The average Bonchev–Trinajstić information content (AvgIpc) is 2.93. The number of Topliss-reactive ketones (excluding diaryl/α,β-unsaturated/α-hetero) is 1. The molecule has 1 aliphatic carbocycles. The van der Waals surface area contributed by atoms with Crippen LogP contribution in [0.2, 0.25) is 0 Å². The molecule has 3 fully saturated rings. The summed E-state index contributed by atoms with van der Waals surface area (Å²) in [4.78, 5) is 24.6. The van der Waals surface area contributed by atoms with Crippen LogP contribution < -0.4 is 0 Å². The van der Waals surface area contributed by atoms with Crippen molar-refractivity contribution in [2.45, 2.75) is 37.8 Å². The fourth-order valence-corrected chi connectivity index (χ4v) is 4.15. The number of hydrogen-bond acceptors (Lipinski definition) is 3. The molecule has 5 heteroatoms. The maximum Gasteiger partial charge on any atom is 0.408 e. The second-order valence-electron chi connectivity index (χ2n) is 5.35. The minimum absolute atomic E-state index is 0.101. The van der Waals surface area contributed by atoms with Gasteiger partial charge < -0.3 is 5.11 Å². The zero-order valence-electron chi connectivity index (χ0n) is 9.59. The van der Waals surface area contributed by atoms with Crippen LogP contribution in [0.1, 0.15) is 26.2 Å². The number of carboxylic acid groups (broad SMARTS) is 1. The van der Waals surface area contributed by atoms with Crippen molar-refractivity contribution in [3.8, 4) is 6.07 Å². The number of piperidine rings is 2. The number of nitrogens with zero attached hydrogens (tertiary/aromatic N) is 2. The van der Waals surface area contributed by atoms with E-state index >= 15 is 0 Å². The molecule has 1 N–H and O–H groups in total. The molecule has 2 aliphatic heterocycles. The van der Waals surface area contributed by atoms with Crippen LogP contribution in [0.3, 0.4) is 0 Å². The molecule has 2 bridgehead atoms. The monoisotopic (exact) mass is 234 g/mol. The lowest BCUT2D eigenvalue weighted by Gasteiger charge is -2.46. The molecule has 5 atom stereocenters. The van der Waals surface area contributed by atoms with Crippen LogP contribution in [0.4, 0.5) is 4.79 Å². The summed E-state index contributed by atoms with van der Waals surface area (Å²) in [5, 5.41) is 18.4. The molecular formula is C12H14N2O3. The highest BCUT2D eigenvalue weighted by Gasteiger charge is 2.76. The Hall–Kier alpha value is -1.57. The summed E-state index contributed by atoms with van der Waals surface area (Å²) < 4.78 is 0. The van der Waals surface area contributed by atoms with Gasteiger partial charge in [0.05, 0.1) is 29.4 Å². The van der Waals surface area contributed by atoms with Crippen LogP contribution in [0, 0.1) is 29.1 Å². The van der Waals surface area contributed by atoms with Gasteiger partial charge in [0.25, 0.3) is 0 Å². The zero-order chi connectivity index (χ0) is 12.4. The second kappa shape index (κ2) is 3.00. The quantitative estimate of drug-likeness (QED) is 0.740. The normalized spacial score (nSPS) is 46.4. The molecule has 0 aromatic rings. The first kappa shape index (κ1) is 10.6. The lowest BCUT2D eigenvalue weighted by molar-refractivity contribution is -0.117. The van der Waals surface area contributed by atoms with Gasteiger partial charge in [-0.3, -0.25) is 9.69 Å². The van der Waals surface area contributed by atoms with Crippen LogP contribution in [-0.2, 0) is 4.79 Å². The summed E-state index contributed by atoms with van der Waals surface area (Å²) in [5.41, 5.74) is -0.586. The van der Waals surface area contributed by atoms with Crippen molar-refractivity contribution in [3.63, 3.8) is 0 Å². The van der Waals surface area contributed by atoms with Gasteiger partial charge in [0, 0.05) is 6.04 Å². The third-order valence-corrected chi connectivity index (χ3v) is 4.82. The molecule has 90 valence electrons. The Bertz CT molecular complexity index is 455. The Morgan fingerprint density at radius 2 is 2.41 bits per heavy atom. The number of fused-ring (bicyclic) bond motifs is 5. The molecule has 0 spiro atoms. The minimum atomic E-state index is -0.937. The van der Waals surface area contributed by atoms with Crippen molar-refractivity contribution in [2.75, 3.05) is 0 Å². The highest BCUT2D eigenvalue weighted by atomic mass is 16.4. The van der Waals surface area contributed by atoms with Crippen LogP contribution >= 0.6 is 0 Å². The predicted molar refractivity (Wildman–Crippen MR) is 57.0 cm³/mol. The van der Waals surface area contributed by atoms with E-state index in [-0.39, 0.29) is 29.6 Å². The topological polar surface area (TPSA) is 81.4 Å². The molecule has 5 nitrogen and oxygen atoms in total. The van der Waals surface area contributed by atoms with Gasteiger partial charge in [0.2, 0.25) is 0 Å². The summed E-state index contributed by atoms with van der Waals surface area (Å²) in [6, 6.07) is 2.00. The molecule has 3 rings (SSSR count). The van der Waals surface area contributed by atoms with Crippen molar-refractivity contribution < 1.29 is 14.7 Å². The van der Waals surface area contributed by atoms with Crippen LogP contribution in [0.25, 0.3) is 0 Å². The standard InChI is InChI=1S/C12H14N2O3/c1-2-12-4-6(5-13)3-7(14(12)11(16)17)8-9(12)10(8)15/h6-9H,2-4H2,1H3,(H,16,17)/t6-,7-,8+,9-,12+/m0/s1. The molecule has 3 aliphatic rings. The van der Waals surface area contributed by atoms with Gasteiger partial charge in [-0.2, -0.15) is 5.26 Å². The maximum atomic E-state index is 11.7. The van der Waals surface area contributed by atoms with E-state index in [4.69, 9.17) is 5.26 Å². The Morgan fingerprint density at radius 3 is 2.94 bits per heavy atom. The van der Waals surface area contributed by atoms with Gasteiger partial charge in [-0.15, -0.1) is 0 Å². The molecule has 2 heterocycles. The highest BCUT2D eigenvalue weighted by molar-refractivity contribution is 6.04. The van der Waals surface area contributed by atoms with Gasteiger partial charge in [0.15, 0.2) is 0 Å². The van der Waals surface area contributed by atoms with E-state index in [0.717, 1.165) is 0 Å². The fourth-order valence-electron chi connectivity index (χ4n) is 4.15. The lowest BCUT2D eigenvalue weighted by Crippen LogP contribution is -2.58. The Morgan fingerprint density at radius 1 is 1.71 bits per heavy atom. The van der Waals surface area contributed by atoms with Crippen molar-refractivity contribution in [2.24, 2.45) is 17.8 Å². The van der Waals surface area contributed by atoms with Crippen molar-refractivity contribution in [1.82, 2.24) is 4.90 Å². The van der Waals surface area contributed by atoms with Crippen LogP contribution in [0.15, 0.2) is 0 Å². The summed E-state index contributed by atoms with van der Waals surface area (Å²) in [6.45, 7) is 1.92. The Balaban J connectivity index is 2.05. The SMILES string of the molecule is CC[C@@]12C[C@@H](C#N)C[C@@H]([C@H]3C(=O)[C@H]31)N2C(=O)O. The highest BCUT2D eigenvalue weighted by Crippen LogP contribution is 2.63. The van der Waals surface area contributed by atoms with E-state index in [0.29, 0.717) is 19.3 Å². The number of carbonyl (C=O) groups excluding carboxylic acids is 1. The second-order valence-corrected chi connectivity index (χ2v) is 5.35. The molecule has 2 saturated heterocycles. The molecule has 17 heavy (non-hydrogen) atoms. The van der Waals surface area contributed by atoms with Crippen LogP contribution in [0.5, 0.6) is 0 Å². The van der Waals surface area contributed by atoms with Crippen molar-refractivity contribution in [3.05, 3.63) is 0 Å². The Kier molecular flexibility index (Phi) is 1.87. The van der Waals surface area contributed by atoms with Gasteiger partial charge in [-0.1, -0.05) is 6.92 Å². The smallest absolute Gasteiger partial charge is 0.408 e. The summed E-state index contributed by atoms with van der Waals surface area (Å²) in [7, 11) is 0. The third-order valence-electron chi connectivity index (χ3n) is 4.82. The number of nitriles is 1. The number of ketones is 1. The number of carbonyl (C=O) groups is 2. The van der Waals surface area contributed by atoms with E-state index in [1.54, 1.807) is 0 Å². The summed E-state index contributed by atoms with van der Waals surface area (Å²) >= 11 is 0. The van der Waals surface area contributed by atoms with Crippen molar-refractivity contribution >= 4 is 11.9 Å². The van der Waals surface area contributed by atoms with E-state index in [1.807, 2.05) is 6.92 Å². The minimum Gasteiger partial charge on any atom is -0.465 e. The van der Waals surface area contributed by atoms with E-state index in [1.165, 1.54) is 4.90 Å². The average molecular weight is 234 g/mol. The van der Waals surface area contributed by atoms with Gasteiger partial charge in [-0.25, -0.2) is 4.79 Å². The van der Waals surface area contributed by atoms with E-state index < -0.39 is 11.6 Å².